The lowest BCUT2D eigenvalue weighted by atomic mass is 10.0. The number of benzene rings is 1. The first-order valence-corrected chi connectivity index (χ1v) is 7.33. The molecule has 1 fully saturated rings. The van der Waals surface area contributed by atoms with E-state index in [-0.39, 0.29) is 5.60 Å². The molecule has 0 aliphatic carbocycles. The summed E-state index contributed by atoms with van der Waals surface area (Å²) in [7, 11) is 1.76. The van der Waals surface area contributed by atoms with Crippen LogP contribution in [0.4, 0.5) is 0 Å². The van der Waals surface area contributed by atoms with Crippen LogP contribution in [0.5, 0.6) is 0 Å². The minimum absolute atomic E-state index is 0.0813. The van der Waals surface area contributed by atoms with Gasteiger partial charge in [-0.25, -0.2) is 0 Å². The fourth-order valence-electron chi connectivity index (χ4n) is 2.29. The largest absolute Gasteiger partial charge is 0.373 e. The van der Waals surface area contributed by atoms with Gasteiger partial charge < -0.3 is 15.4 Å². The highest BCUT2D eigenvalue weighted by Gasteiger charge is 2.29. The van der Waals surface area contributed by atoms with Gasteiger partial charge in [-0.15, -0.1) is 0 Å². The van der Waals surface area contributed by atoms with Crippen LogP contribution in [-0.2, 0) is 11.3 Å². The van der Waals surface area contributed by atoms with Crippen molar-refractivity contribution in [2.45, 2.75) is 31.9 Å². The van der Waals surface area contributed by atoms with Gasteiger partial charge >= 0.3 is 0 Å². The van der Waals surface area contributed by atoms with Crippen molar-refractivity contribution >= 4 is 17.6 Å². The van der Waals surface area contributed by atoms with Gasteiger partial charge in [0.15, 0.2) is 5.96 Å². The molecule has 110 valence electrons. The van der Waals surface area contributed by atoms with Crippen LogP contribution in [0.15, 0.2) is 29.3 Å². The molecule has 1 aliphatic rings. The van der Waals surface area contributed by atoms with Crippen LogP contribution in [0.1, 0.15) is 25.3 Å². The molecule has 4 nitrogen and oxygen atoms in total. The zero-order valence-corrected chi connectivity index (χ0v) is 12.8. The number of hydrogen-bond donors (Lipinski definition) is 2. The molecular weight excluding hydrogens is 274 g/mol. The SMILES string of the molecule is CN=C(NCc1ccccc1Cl)NCC1(C)CCCO1. The number of aliphatic imine (C=N–C) groups is 1. The Bertz CT molecular complexity index is 470. The van der Waals surface area contributed by atoms with Gasteiger partial charge in [-0.05, 0) is 31.4 Å². The van der Waals surface area contributed by atoms with E-state index in [2.05, 4.69) is 22.5 Å². The van der Waals surface area contributed by atoms with Crippen molar-refractivity contribution in [3.05, 3.63) is 34.9 Å². The molecule has 1 saturated heterocycles. The number of nitrogens with one attached hydrogen (secondary N) is 2. The normalized spacial score (nSPS) is 22.9. The molecule has 0 amide bonds. The number of guanidine groups is 1. The predicted molar refractivity (Wildman–Crippen MR) is 83.2 cm³/mol. The fraction of sp³-hybridized carbons (Fsp3) is 0.533. The van der Waals surface area contributed by atoms with E-state index in [1.165, 1.54) is 0 Å². The highest BCUT2D eigenvalue weighted by Crippen LogP contribution is 2.23. The molecule has 1 aliphatic heterocycles. The molecule has 2 rings (SSSR count). The third-order valence-electron chi connectivity index (χ3n) is 3.56. The molecule has 2 N–H and O–H groups in total. The molecule has 1 unspecified atom stereocenters. The fourth-order valence-corrected chi connectivity index (χ4v) is 2.49. The first-order chi connectivity index (χ1) is 9.63. The molecule has 0 bridgehead atoms. The summed E-state index contributed by atoms with van der Waals surface area (Å²) in [5.74, 6) is 0.765. The van der Waals surface area contributed by atoms with Gasteiger partial charge in [0.25, 0.3) is 0 Å². The summed E-state index contributed by atoms with van der Waals surface area (Å²) in [6.07, 6.45) is 2.21. The molecule has 0 radical (unpaired) electrons. The molecular formula is C15H22ClN3O. The lowest BCUT2D eigenvalue weighted by molar-refractivity contribution is 0.0243. The highest BCUT2D eigenvalue weighted by atomic mass is 35.5. The van der Waals surface area contributed by atoms with E-state index in [1.54, 1.807) is 7.05 Å². The van der Waals surface area contributed by atoms with Gasteiger partial charge in [-0.3, -0.25) is 4.99 Å². The third-order valence-corrected chi connectivity index (χ3v) is 3.93. The van der Waals surface area contributed by atoms with Crippen LogP contribution in [-0.4, -0.2) is 31.8 Å². The second-order valence-corrected chi connectivity index (χ2v) is 5.68. The Labute approximate surface area is 125 Å². The smallest absolute Gasteiger partial charge is 0.191 e. The summed E-state index contributed by atoms with van der Waals surface area (Å²) in [6, 6.07) is 7.80. The molecule has 0 saturated carbocycles. The zero-order chi connectivity index (χ0) is 14.4. The standard InChI is InChI=1S/C15H22ClN3O/c1-15(8-5-9-20-15)11-19-14(17-2)18-10-12-6-3-4-7-13(12)16/h3-4,6-7H,5,8-11H2,1-2H3,(H2,17,18,19). The summed E-state index contributed by atoms with van der Waals surface area (Å²) < 4.78 is 5.75. The van der Waals surface area contributed by atoms with E-state index in [4.69, 9.17) is 16.3 Å². The van der Waals surface area contributed by atoms with Crippen LogP contribution in [0.2, 0.25) is 5.02 Å². The van der Waals surface area contributed by atoms with E-state index in [0.717, 1.165) is 42.5 Å². The maximum Gasteiger partial charge on any atom is 0.191 e. The van der Waals surface area contributed by atoms with Crippen molar-refractivity contribution in [3.63, 3.8) is 0 Å². The number of ether oxygens (including phenoxy) is 1. The summed E-state index contributed by atoms with van der Waals surface area (Å²) in [5, 5.41) is 7.34. The number of rotatable bonds is 4. The first-order valence-electron chi connectivity index (χ1n) is 6.95. The molecule has 0 spiro atoms. The highest BCUT2D eigenvalue weighted by molar-refractivity contribution is 6.31. The maximum atomic E-state index is 6.13. The first kappa shape index (κ1) is 15.1. The summed E-state index contributed by atoms with van der Waals surface area (Å²) >= 11 is 6.13. The molecule has 1 aromatic carbocycles. The molecule has 1 aromatic rings. The van der Waals surface area contributed by atoms with Crippen LogP contribution in [0.3, 0.4) is 0 Å². The Hall–Kier alpha value is -1.26. The molecule has 0 aromatic heterocycles. The van der Waals surface area contributed by atoms with E-state index < -0.39 is 0 Å². The Kier molecular flexibility index (Phi) is 5.26. The Morgan fingerprint density at radius 2 is 2.20 bits per heavy atom. The lowest BCUT2D eigenvalue weighted by Gasteiger charge is -2.24. The average Bonchev–Trinajstić information content (AvgIpc) is 2.88. The minimum atomic E-state index is -0.0813. The summed E-state index contributed by atoms with van der Waals surface area (Å²) in [5.41, 5.74) is 0.975. The lowest BCUT2D eigenvalue weighted by Crippen LogP contribution is -2.45. The summed E-state index contributed by atoms with van der Waals surface area (Å²) in [6.45, 7) is 4.39. The second kappa shape index (κ2) is 6.95. The van der Waals surface area contributed by atoms with E-state index in [1.807, 2.05) is 24.3 Å². The summed E-state index contributed by atoms with van der Waals surface area (Å²) in [4.78, 5) is 4.22. The van der Waals surface area contributed by atoms with Crippen molar-refractivity contribution in [1.29, 1.82) is 0 Å². The van der Waals surface area contributed by atoms with Crippen molar-refractivity contribution in [2.24, 2.45) is 4.99 Å². The van der Waals surface area contributed by atoms with Crippen LogP contribution >= 0.6 is 11.6 Å². The van der Waals surface area contributed by atoms with Crippen LogP contribution in [0, 0.1) is 0 Å². The van der Waals surface area contributed by atoms with Gasteiger partial charge in [-0.1, -0.05) is 29.8 Å². The van der Waals surface area contributed by atoms with Crippen LogP contribution < -0.4 is 10.6 Å². The van der Waals surface area contributed by atoms with E-state index in [0.29, 0.717) is 6.54 Å². The van der Waals surface area contributed by atoms with Gasteiger partial charge in [0, 0.05) is 31.8 Å². The Balaban J connectivity index is 1.82. The molecule has 5 heteroatoms. The predicted octanol–water partition coefficient (Wildman–Crippen LogP) is 2.57. The quantitative estimate of drug-likeness (QED) is 0.663. The van der Waals surface area contributed by atoms with E-state index in [9.17, 15) is 0 Å². The monoisotopic (exact) mass is 295 g/mol. The van der Waals surface area contributed by atoms with Crippen molar-refractivity contribution in [3.8, 4) is 0 Å². The van der Waals surface area contributed by atoms with Gasteiger partial charge in [0.05, 0.1) is 5.60 Å². The Morgan fingerprint density at radius 1 is 1.40 bits per heavy atom. The third kappa shape index (κ3) is 4.12. The maximum absolute atomic E-state index is 6.13. The minimum Gasteiger partial charge on any atom is -0.373 e. The topological polar surface area (TPSA) is 45.7 Å². The van der Waals surface area contributed by atoms with Crippen molar-refractivity contribution in [1.82, 2.24) is 10.6 Å². The molecule has 1 atom stereocenters. The van der Waals surface area contributed by atoms with Crippen LogP contribution in [0.25, 0.3) is 0 Å². The number of halogens is 1. The van der Waals surface area contributed by atoms with Gasteiger partial charge in [-0.2, -0.15) is 0 Å². The zero-order valence-electron chi connectivity index (χ0n) is 12.1. The van der Waals surface area contributed by atoms with Crippen molar-refractivity contribution in [2.75, 3.05) is 20.2 Å². The Morgan fingerprint density at radius 3 is 2.85 bits per heavy atom. The molecule has 20 heavy (non-hydrogen) atoms. The van der Waals surface area contributed by atoms with Gasteiger partial charge in [0.2, 0.25) is 0 Å². The second-order valence-electron chi connectivity index (χ2n) is 5.27. The van der Waals surface area contributed by atoms with Crippen molar-refractivity contribution < 1.29 is 4.74 Å². The average molecular weight is 296 g/mol. The van der Waals surface area contributed by atoms with Gasteiger partial charge in [0.1, 0.15) is 0 Å². The van der Waals surface area contributed by atoms with E-state index >= 15 is 0 Å². The number of hydrogen-bond acceptors (Lipinski definition) is 2. The molecule has 1 heterocycles. The number of nitrogens with zero attached hydrogens (tertiary/aromatic N) is 1.